The van der Waals surface area contributed by atoms with Crippen molar-refractivity contribution in [3.63, 3.8) is 0 Å². The average molecular weight is 243 g/mol. The third-order valence-corrected chi connectivity index (χ3v) is 3.13. The smallest absolute Gasteiger partial charge is 0.308 e. The Labute approximate surface area is 99.2 Å². The molecule has 0 aliphatic heterocycles. The van der Waals surface area contributed by atoms with Crippen molar-refractivity contribution in [1.29, 1.82) is 0 Å². The maximum atomic E-state index is 10.5. The molecule has 0 saturated heterocycles. The lowest BCUT2D eigenvalue weighted by molar-refractivity contribution is -0.380. The van der Waals surface area contributed by atoms with Crippen molar-refractivity contribution in [2.24, 2.45) is 0 Å². The minimum atomic E-state index is -0.350. The summed E-state index contributed by atoms with van der Waals surface area (Å²) in [5, 5.41) is 14.0. The Morgan fingerprint density at radius 2 is 2.25 bits per heavy atom. The zero-order valence-electron chi connectivity index (χ0n) is 9.77. The summed E-state index contributed by atoms with van der Waals surface area (Å²) in [5.41, 5.74) is 0. The molecule has 5 nitrogen and oxygen atoms in total. The van der Waals surface area contributed by atoms with Gasteiger partial charge in [-0.15, -0.1) is 0 Å². The van der Waals surface area contributed by atoms with Crippen molar-refractivity contribution in [3.05, 3.63) is 27.1 Å². The summed E-state index contributed by atoms with van der Waals surface area (Å²) in [5.74, 6) is 0. The van der Waals surface area contributed by atoms with E-state index in [0.717, 1.165) is 11.4 Å². The predicted molar refractivity (Wildman–Crippen MR) is 65.8 cm³/mol. The van der Waals surface area contributed by atoms with Gasteiger partial charge in [-0.25, -0.2) is 0 Å². The fourth-order valence-electron chi connectivity index (χ4n) is 1.45. The number of likely N-dealkylation sites (N-methyl/N-ethyl adjacent to an activating group) is 1. The van der Waals surface area contributed by atoms with Gasteiger partial charge in [-0.1, -0.05) is 11.3 Å². The van der Waals surface area contributed by atoms with Crippen LogP contribution in [0.2, 0.25) is 0 Å². The Bertz CT molecular complexity index is 352. The van der Waals surface area contributed by atoms with Crippen LogP contribution in [0.15, 0.2) is 12.1 Å². The fraction of sp³-hybridized carbons (Fsp3) is 0.600. The summed E-state index contributed by atoms with van der Waals surface area (Å²) in [6.07, 6.45) is 0. The lowest BCUT2D eigenvalue weighted by Crippen LogP contribution is -2.35. The number of hydrogen-bond donors (Lipinski definition) is 1. The second-order valence-electron chi connectivity index (χ2n) is 4.04. The van der Waals surface area contributed by atoms with Gasteiger partial charge in [0.2, 0.25) is 0 Å². The summed E-state index contributed by atoms with van der Waals surface area (Å²) < 4.78 is 0. The topological polar surface area (TPSA) is 58.4 Å². The van der Waals surface area contributed by atoms with Gasteiger partial charge in [0.05, 0.1) is 4.92 Å². The van der Waals surface area contributed by atoms with E-state index in [1.165, 1.54) is 11.3 Å². The van der Waals surface area contributed by atoms with Gasteiger partial charge in [0.1, 0.15) is 0 Å². The molecule has 0 aliphatic rings. The van der Waals surface area contributed by atoms with E-state index < -0.39 is 0 Å². The zero-order chi connectivity index (χ0) is 12.1. The van der Waals surface area contributed by atoms with Crippen LogP contribution in [0.5, 0.6) is 0 Å². The van der Waals surface area contributed by atoms with E-state index in [0.29, 0.717) is 12.6 Å². The van der Waals surface area contributed by atoms with Crippen molar-refractivity contribution in [1.82, 2.24) is 10.2 Å². The highest BCUT2D eigenvalue weighted by Crippen LogP contribution is 2.23. The molecule has 0 bridgehead atoms. The number of hydrogen-bond acceptors (Lipinski definition) is 5. The second-order valence-corrected chi connectivity index (χ2v) is 5.19. The van der Waals surface area contributed by atoms with Crippen molar-refractivity contribution in [3.8, 4) is 0 Å². The molecule has 1 N–H and O–H groups in total. The first-order valence-electron chi connectivity index (χ1n) is 5.10. The molecular weight excluding hydrogens is 226 g/mol. The van der Waals surface area contributed by atoms with Gasteiger partial charge < -0.3 is 10.2 Å². The summed E-state index contributed by atoms with van der Waals surface area (Å²) in [7, 11) is 4.04. The van der Waals surface area contributed by atoms with E-state index >= 15 is 0 Å². The van der Waals surface area contributed by atoms with Crippen LogP contribution in [0.4, 0.5) is 5.00 Å². The highest BCUT2D eigenvalue weighted by Gasteiger charge is 2.10. The molecule has 1 heterocycles. The van der Waals surface area contributed by atoms with E-state index in [2.05, 4.69) is 17.1 Å². The van der Waals surface area contributed by atoms with Crippen LogP contribution in [0.1, 0.15) is 11.8 Å². The molecule has 0 aromatic carbocycles. The number of nitrogens with zero attached hydrogens (tertiary/aromatic N) is 2. The van der Waals surface area contributed by atoms with E-state index in [4.69, 9.17) is 0 Å². The summed E-state index contributed by atoms with van der Waals surface area (Å²) in [6, 6.07) is 3.73. The standard InChI is InChI=1S/C10H17N3O2S/c1-8(7-12(2)3)11-6-9-4-5-10(16-9)13(14)15/h4-5,8,11H,6-7H2,1-3H3. The van der Waals surface area contributed by atoms with Gasteiger partial charge in [-0.2, -0.15) is 0 Å². The summed E-state index contributed by atoms with van der Waals surface area (Å²) >= 11 is 1.23. The minimum absolute atomic E-state index is 0.206. The van der Waals surface area contributed by atoms with E-state index in [1.54, 1.807) is 12.1 Å². The molecule has 1 rings (SSSR count). The van der Waals surface area contributed by atoms with E-state index in [1.807, 2.05) is 14.1 Å². The van der Waals surface area contributed by atoms with Crippen LogP contribution < -0.4 is 5.32 Å². The van der Waals surface area contributed by atoms with Gasteiger partial charge in [-0.05, 0) is 27.1 Å². The predicted octanol–water partition coefficient (Wildman–Crippen LogP) is 1.70. The molecule has 0 radical (unpaired) electrons. The van der Waals surface area contributed by atoms with Crippen molar-refractivity contribution in [2.75, 3.05) is 20.6 Å². The molecule has 0 saturated carbocycles. The monoisotopic (exact) mass is 243 g/mol. The summed E-state index contributed by atoms with van der Waals surface area (Å²) in [6.45, 7) is 3.74. The van der Waals surface area contributed by atoms with Crippen LogP contribution in [-0.2, 0) is 6.54 Å². The fourth-order valence-corrected chi connectivity index (χ4v) is 2.22. The Balaban J connectivity index is 2.39. The third-order valence-electron chi connectivity index (χ3n) is 2.09. The Morgan fingerprint density at radius 1 is 1.56 bits per heavy atom. The Kier molecular flexibility index (Phi) is 4.85. The minimum Gasteiger partial charge on any atom is -0.308 e. The number of nitro groups is 1. The molecular formula is C10H17N3O2S. The van der Waals surface area contributed by atoms with Crippen LogP contribution in [0.3, 0.4) is 0 Å². The lowest BCUT2D eigenvalue weighted by atomic mass is 10.3. The highest BCUT2D eigenvalue weighted by molar-refractivity contribution is 7.15. The largest absolute Gasteiger partial charge is 0.324 e. The van der Waals surface area contributed by atoms with Gasteiger partial charge in [0.15, 0.2) is 0 Å². The molecule has 1 unspecified atom stereocenters. The van der Waals surface area contributed by atoms with Gasteiger partial charge in [0.25, 0.3) is 0 Å². The normalized spacial score (nSPS) is 13.0. The Hall–Kier alpha value is -0.980. The van der Waals surface area contributed by atoms with Crippen LogP contribution >= 0.6 is 11.3 Å². The van der Waals surface area contributed by atoms with Gasteiger partial charge in [-0.3, -0.25) is 10.1 Å². The molecule has 0 amide bonds. The molecule has 1 aromatic rings. The first kappa shape index (κ1) is 13.1. The SMILES string of the molecule is CC(CN(C)C)NCc1ccc([N+](=O)[O-])s1. The molecule has 90 valence electrons. The maximum absolute atomic E-state index is 10.5. The van der Waals surface area contributed by atoms with Crippen LogP contribution in [0.25, 0.3) is 0 Å². The van der Waals surface area contributed by atoms with Gasteiger partial charge in [0, 0.05) is 30.1 Å². The quantitative estimate of drug-likeness (QED) is 0.610. The average Bonchev–Trinajstić information content (AvgIpc) is 2.61. The molecule has 0 spiro atoms. The molecule has 1 aromatic heterocycles. The van der Waals surface area contributed by atoms with Crippen LogP contribution in [-0.4, -0.2) is 36.5 Å². The first-order valence-corrected chi connectivity index (χ1v) is 5.92. The lowest BCUT2D eigenvalue weighted by Gasteiger charge is -2.17. The first-order chi connectivity index (χ1) is 7.49. The van der Waals surface area contributed by atoms with Crippen molar-refractivity contribution < 1.29 is 4.92 Å². The molecule has 16 heavy (non-hydrogen) atoms. The highest BCUT2D eigenvalue weighted by atomic mass is 32.1. The van der Waals surface area contributed by atoms with Crippen LogP contribution in [0, 0.1) is 10.1 Å². The van der Waals surface area contributed by atoms with Crippen molar-refractivity contribution >= 4 is 16.3 Å². The third kappa shape index (κ3) is 4.26. The summed E-state index contributed by atoms with van der Waals surface area (Å²) in [4.78, 5) is 13.2. The number of thiophene rings is 1. The maximum Gasteiger partial charge on any atom is 0.324 e. The second kappa shape index (κ2) is 5.93. The molecule has 1 atom stereocenters. The van der Waals surface area contributed by atoms with E-state index in [9.17, 15) is 10.1 Å². The number of nitrogens with one attached hydrogen (secondary N) is 1. The van der Waals surface area contributed by atoms with E-state index in [-0.39, 0.29) is 9.92 Å². The molecule has 0 fully saturated rings. The number of rotatable bonds is 6. The molecule has 0 aliphatic carbocycles. The van der Waals surface area contributed by atoms with Crippen molar-refractivity contribution in [2.45, 2.75) is 19.5 Å². The zero-order valence-corrected chi connectivity index (χ0v) is 10.6. The molecule has 6 heteroatoms. The van der Waals surface area contributed by atoms with Gasteiger partial charge >= 0.3 is 5.00 Å². The Morgan fingerprint density at radius 3 is 2.75 bits per heavy atom.